The van der Waals surface area contributed by atoms with Gasteiger partial charge >= 0.3 is 5.97 Å². The first-order valence-electron chi connectivity index (χ1n) is 3.81. The molecule has 0 bridgehead atoms. The minimum atomic E-state index is -0.535. The Morgan fingerprint density at radius 2 is 2.38 bits per heavy atom. The number of hydrogen-bond acceptors (Lipinski definition) is 4. The second-order valence-corrected chi connectivity index (χ2v) is 2.60. The fraction of sp³-hybridized carbons (Fsp3) is 0.444. The average molecular weight is 182 g/mol. The summed E-state index contributed by atoms with van der Waals surface area (Å²) >= 11 is 0. The Morgan fingerprint density at radius 3 is 2.77 bits per heavy atom. The summed E-state index contributed by atoms with van der Waals surface area (Å²) in [5.74, 6) is -0.647. The number of carbonyl (C=O) groups excluding carboxylic acids is 2. The first kappa shape index (κ1) is 11.6. The van der Waals surface area contributed by atoms with Crippen molar-refractivity contribution in [3.63, 3.8) is 0 Å². The van der Waals surface area contributed by atoms with Crippen molar-refractivity contribution in [2.75, 3.05) is 6.61 Å². The van der Waals surface area contributed by atoms with Crippen LogP contribution in [0.2, 0.25) is 0 Å². The van der Waals surface area contributed by atoms with E-state index in [2.05, 4.69) is 18.5 Å². The third-order valence-corrected chi connectivity index (χ3v) is 1.44. The number of isocyanates is 1. The van der Waals surface area contributed by atoms with Crippen LogP contribution < -0.4 is 0 Å². The molecule has 0 heterocycles. The zero-order valence-electron chi connectivity index (χ0n) is 7.53. The summed E-state index contributed by atoms with van der Waals surface area (Å²) in [5, 5.41) is 0. The normalized spacial score (nSPS) is 11.6. The Kier molecular flexibility index (Phi) is 5.48. The lowest BCUT2D eigenvalue weighted by atomic mass is 10.1. The smallest absolute Gasteiger partial charge is 0.330 e. The van der Waals surface area contributed by atoms with Crippen LogP contribution in [-0.4, -0.2) is 24.7 Å². The summed E-state index contributed by atoms with van der Waals surface area (Å²) in [5.41, 5.74) is 0. The lowest BCUT2D eigenvalue weighted by Gasteiger charge is -2.13. The second kappa shape index (κ2) is 6.14. The Hall–Kier alpha value is -1.41. The monoisotopic (exact) mass is 182 g/mol. The van der Waals surface area contributed by atoms with Crippen LogP contribution in [-0.2, 0) is 14.3 Å². The van der Waals surface area contributed by atoms with E-state index in [0.717, 1.165) is 6.08 Å². The van der Waals surface area contributed by atoms with Crippen LogP contribution in [0.25, 0.3) is 0 Å². The summed E-state index contributed by atoms with van der Waals surface area (Å²) in [6.45, 7) is 8.71. The molecule has 0 saturated heterocycles. The molecule has 0 aromatic carbocycles. The largest absolute Gasteiger partial charge is 0.460 e. The molecule has 0 rings (SSSR count). The minimum absolute atomic E-state index is 0.0325. The molecule has 4 nitrogen and oxygen atoms in total. The van der Waals surface area contributed by atoms with E-state index in [4.69, 9.17) is 4.74 Å². The summed E-state index contributed by atoms with van der Waals surface area (Å²) in [6, 6.07) is -0.429. The Morgan fingerprint density at radius 1 is 1.77 bits per heavy atom. The molecular formula is C9H12NO3. The van der Waals surface area contributed by atoms with Gasteiger partial charge in [-0.15, -0.1) is 0 Å². The minimum Gasteiger partial charge on any atom is -0.460 e. The van der Waals surface area contributed by atoms with E-state index >= 15 is 0 Å². The van der Waals surface area contributed by atoms with Gasteiger partial charge in [-0.25, -0.2) is 9.59 Å². The van der Waals surface area contributed by atoms with Crippen molar-refractivity contribution >= 4 is 12.0 Å². The first-order chi connectivity index (χ1) is 6.11. The third-order valence-electron chi connectivity index (χ3n) is 1.44. The number of aliphatic imine (C=N–C) groups is 1. The van der Waals surface area contributed by atoms with Crippen molar-refractivity contribution < 1.29 is 14.3 Å². The highest BCUT2D eigenvalue weighted by Crippen LogP contribution is 2.05. The van der Waals surface area contributed by atoms with E-state index in [-0.39, 0.29) is 12.5 Å². The molecular weight excluding hydrogens is 170 g/mol. The van der Waals surface area contributed by atoms with Gasteiger partial charge in [0.25, 0.3) is 0 Å². The highest BCUT2D eigenvalue weighted by molar-refractivity contribution is 5.81. The number of rotatable bonds is 5. The molecule has 4 heteroatoms. The molecule has 2 unspecified atom stereocenters. The van der Waals surface area contributed by atoms with Crippen LogP contribution >= 0.6 is 0 Å². The van der Waals surface area contributed by atoms with Crippen molar-refractivity contribution in [1.29, 1.82) is 0 Å². The number of carbonyl (C=O) groups is 1. The number of ether oxygens (including phenoxy) is 1. The molecule has 1 radical (unpaired) electrons. The van der Waals surface area contributed by atoms with Crippen molar-refractivity contribution in [3.8, 4) is 0 Å². The number of hydrogen-bond donors (Lipinski definition) is 0. The Bertz CT molecular complexity index is 229. The van der Waals surface area contributed by atoms with E-state index in [0.29, 0.717) is 0 Å². The molecule has 0 N–H and O–H groups in total. The maximum absolute atomic E-state index is 10.6. The molecule has 0 spiro atoms. The van der Waals surface area contributed by atoms with Crippen molar-refractivity contribution in [1.82, 2.24) is 0 Å². The van der Waals surface area contributed by atoms with Crippen LogP contribution in [0, 0.1) is 12.8 Å². The summed E-state index contributed by atoms with van der Waals surface area (Å²) in [7, 11) is 0. The van der Waals surface area contributed by atoms with Gasteiger partial charge in [0.1, 0.15) is 6.61 Å². The summed E-state index contributed by atoms with van der Waals surface area (Å²) in [6.07, 6.45) is 2.46. The SMILES string of the molecule is [CH2]C(C)C(COC(=O)C=C)N=C=O. The quantitative estimate of drug-likeness (QED) is 0.274. The van der Waals surface area contributed by atoms with Gasteiger partial charge in [-0.1, -0.05) is 13.5 Å². The molecule has 0 fully saturated rings. The molecule has 13 heavy (non-hydrogen) atoms. The van der Waals surface area contributed by atoms with E-state index in [9.17, 15) is 9.59 Å². The fourth-order valence-electron chi connectivity index (χ4n) is 0.623. The maximum atomic E-state index is 10.6. The van der Waals surface area contributed by atoms with Crippen LogP contribution in [0.15, 0.2) is 17.6 Å². The Labute approximate surface area is 77.3 Å². The molecule has 0 aromatic rings. The van der Waals surface area contributed by atoms with Crippen LogP contribution in [0.3, 0.4) is 0 Å². The van der Waals surface area contributed by atoms with E-state index < -0.39 is 12.0 Å². The zero-order valence-corrected chi connectivity index (χ0v) is 7.53. The maximum Gasteiger partial charge on any atom is 0.330 e. The van der Waals surface area contributed by atoms with Gasteiger partial charge in [0.15, 0.2) is 0 Å². The molecule has 0 amide bonds. The van der Waals surface area contributed by atoms with Gasteiger partial charge in [-0.05, 0) is 12.8 Å². The van der Waals surface area contributed by atoms with Crippen molar-refractivity contribution in [2.45, 2.75) is 13.0 Å². The van der Waals surface area contributed by atoms with Gasteiger partial charge in [0.05, 0.1) is 6.04 Å². The van der Waals surface area contributed by atoms with Gasteiger partial charge in [-0.2, -0.15) is 4.99 Å². The van der Waals surface area contributed by atoms with Gasteiger partial charge in [-0.3, -0.25) is 0 Å². The average Bonchev–Trinajstić information content (AvgIpc) is 2.11. The van der Waals surface area contributed by atoms with Gasteiger partial charge in [0, 0.05) is 6.08 Å². The zero-order chi connectivity index (χ0) is 10.3. The second-order valence-electron chi connectivity index (χ2n) is 2.60. The van der Waals surface area contributed by atoms with Crippen LogP contribution in [0.1, 0.15) is 6.92 Å². The van der Waals surface area contributed by atoms with Crippen molar-refractivity contribution in [2.24, 2.45) is 10.9 Å². The molecule has 0 aromatic heterocycles. The predicted octanol–water partition coefficient (Wildman–Crippen LogP) is 0.890. The predicted molar refractivity (Wildman–Crippen MR) is 47.6 cm³/mol. The number of nitrogens with zero attached hydrogens (tertiary/aromatic N) is 1. The van der Waals surface area contributed by atoms with E-state index in [1.54, 1.807) is 6.92 Å². The van der Waals surface area contributed by atoms with E-state index in [1.807, 2.05) is 0 Å². The highest BCUT2D eigenvalue weighted by Gasteiger charge is 2.13. The molecule has 0 aliphatic rings. The molecule has 0 aliphatic heterocycles. The standard InChI is InChI=1S/C9H12NO3/c1-4-9(12)13-5-8(7(2)3)10-6-11/h4,7-8H,1-2,5H2,3H3. The first-order valence-corrected chi connectivity index (χ1v) is 3.81. The molecule has 0 saturated carbocycles. The number of esters is 1. The molecule has 71 valence electrons. The topological polar surface area (TPSA) is 55.7 Å². The lowest BCUT2D eigenvalue weighted by molar-refractivity contribution is -0.138. The fourth-order valence-corrected chi connectivity index (χ4v) is 0.623. The van der Waals surface area contributed by atoms with E-state index in [1.165, 1.54) is 6.08 Å². The van der Waals surface area contributed by atoms with Crippen molar-refractivity contribution in [3.05, 3.63) is 19.6 Å². The van der Waals surface area contributed by atoms with Crippen LogP contribution in [0.4, 0.5) is 0 Å². The third kappa shape index (κ3) is 4.93. The lowest BCUT2D eigenvalue weighted by Crippen LogP contribution is -2.21. The van der Waals surface area contributed by atoms with Crippen LogP contribution in [0.5, 0.6) is 0 Å². The van der Waals surface area contributed by atoms with Gasteiger partial charge in [0.2, 0.25) is 6.08 Å². The summed E-state index contributed by atoms with van der Waals surface area (Å²) < 4.78 is 4.70. The highest BCUT2D eigenvalue weighted by atomic mass is 16.5. The Balaban J connectivity index is 4.03. The molecule has 2 atom stereocenters. The van der Waals surface area contributed by atoms with Gasteiger partial charge < -0.3 is 4.74 Å². The molecule has 0 aliphatic carbocycles. The summed E-state index contributed by atoms with van der Waals surface area (Å²) in [4.78, 5) is 24.0.